The van der Waals surface area contributed by atoms with Gasteiger partial charge in [0.05, 0.1) is 35.8 Å². The van der Waals surface area contributed by atoms with Crippen LogP contribution in [0.4, 0.5) is 17.6 Å². The summed E-state index contributed by atoms with van der Waals surface area (Å²) in [5.74, 6) is -2.38. The molecule has 5 rings (SSSR count). The Labute approximate surface area is 255 Å². The molecule has 0 radical (unpaired) electrons. The molecule has 2 fully saturated rings. The van der Waals surface area contributed by atoms with E-state index in [0.29, 0.717) is 0 Å². The molecular weight excluding hydrogens is 617 g/mol. The summed E-state index contributed by atoms with van der Waals surface area (Å²) >= 11 is 13.3. The normalized spacial score (nSPS) is 21.7. The molecular formula is C30H29Cl2F4NO6. The number of benzene rings is 1. The second-order valence-corrected chi connectivity index (χ2v) is 11.3. The Bertz CT molecular complexity index is 1380. The van der Waals surface area contributed by atoms with Crippen LogP contribution in [0.1, 0.15) is 49.7 Å². The maximum absolute atomic E-state index is 14.2. The number of pyridine rings is 1. The van der Waals surface area contributed by atoms with Gasteiger partial charge in [-0.05, 0) is 68.2 Å². The molecule has 2 saturated carbocycles. The van der Waals surface area contributed by atoms with Crippen LogP contribution in [0.15, 0.2) is 54.3 Å². The van der Waals surface area contributed by atoms with Gasteiger partial charge < -0.3 is 23.7 Å². The van der Waals surface area contributed by atoms with Gasteiger partial charge in [-0.2, -0.15) is 17.6 Å². The summed E-state index contributed by atoms with van der Waals surface area (Å²) in [5, 5.41) is 0.0431. The van der Waals surface area contributed by atoms with Gasteiger partial charge in [-0.1, -0.05) is 35.3 Å². The first-order chi connectivity index (χ1) is 20.6. The molecule has 43 heavy (non-hydrogen) atoms. The molecule has 0 spiro atoms. The third-order valence-corrected chi connectivity index (χ3v) is 8.05. The van der Waals surface area contributed by atoms with Crippen LogP contribution in [0, 0.1) is 11.8 Å². The number of hydrogen-bond acceptors (Lipinski definition) is 7. The van der Waals surface area contributed by atoms with Crippen LogP contribution in [-0.2, 0) is 24.4 Å². The molecule has 3 aliphatic carbocycles. The fourth-order valence-electron chi connectivity index (χ4n) is 5.01. The van der Waals surface area contributed by atoms with E-state index in [1.165, 1.54) is 42.7 Å². The summed E-state index contributed by atoms with van der Waals surface area (Å²) < 4.78 is 81.1. The van der Waals surface area contributed by atoms with E-state index in [-0.39, 0.29) is 75.8 Å². The Kier molecular flexibility index (Phi) is 9.60. The Hall–Kier alpha value is -3.18. The number of alkyl halides is 4. The number of halogens is 6. The number of esters is 1. The molecule has 232 valence electrons. The first-order valence-corrected chi connectivity index (χ1v) is 14.6. The van der Waals surface area contributed by atoms with Crippen LogP contribution in [-0.4, -0.2) is 44.0 Å². The van der Waals surface area contributed by atoms with E-state index in [9.17, 15) is 22.4 Å². The lowest BCUT2D eigenvalue weighted by Crippen LogP contribution is -2.45. The lowest BCUT2D eigenvalue weighted by atomic mass is 9.64. The third-order valence-electron chi connectivity index (χ3n) is 7.45. The topological polar surface area (TPSA) is 76.1 Å². The molecule has 0 bridgehead atoms. The molecule has 2 unspecified atom stereocenters. The monoisotopic (exact) mass is 645 g/mol. The van der Waals surface area contributed by atoms with E-state index in [4.69, 9.17) is 46.9 Å². The molecule has 1 aromatic carbocycles. The number of rotatable bonds is 14. The van der Waals surface area contributed by atoms with Crippen LogP contribution >= 0.6 is 23.2 Å². The molecule has 0 amide bonds. The van der Waals surface area contributed by atoms with E-state index in [0.717, 1.165) is 25.7 Å². The molecule has 13 heteroatoms. The Morgan fingerprint density at radius 1 is 0.953 bits per heavy atom. The van der Waals surface area contributed by atoms with Gasteiger partial charge in [-0.15, -0.1) is 0 Å². The number of carbonyl (C=O) groups is 1. The standard InChI is InChI=1S/C30H29Cl2F4NO6/c1-2-39-27(38)30(18-7-8-21(42-28(33)34)23(11-18)40-14-16-3-4-16)10-9-22(43-29(35)36)26(41-15-17-5-6-17)25(30)24-19(31)12-37-13-20(24)32/h7-13,16-17,25,28-29H,2-6,14-15H2,1H3. The molecule has 2 atom stereocenters. The van der Waals surface area contributed by atoms with Crippen LogP contribution in [0.3, 0.4) is 0 Å². The summed E-state index contributed by atoms with van der Waals surface area (Å²) in [6.45, 7) is -4.38. The van der Waals surface area contributed by atoms with Gasteiger partial charge in [-0.25, -0.2) is 0 Å². The predicted octanol–water partition coefficient (Wildman–Crippen LogP) is 7.81. The van der Waals surface area contributed by atoms with E-state index in [1.54, 1.807) is 6.92 Å². The Morgan fingerprint density at radius 2 is 1.58 bits per heavy atom. The largest absolute Gasteiger partial charge is 0.493 e. The molecule has 1 aromatic heterocycles. The van der Waals surface area contributed by atoms with Gasteiger partial charge in [0, 0.05) is 18.0 Å². The zero-order chi connectivity index (χ0) is 30.7. The highest BCUT2D eigenvalue weighted by Crippen LogP contribution is 2.54. The van der Waals surface area contributed by atoms with Crippen molar-refractivity contribution >= 4 is 29.2 Å². The second-order valence-electron chi connectivity index (χ2n) is 10.5. The average molecular weight is 646 g/mol. The summed E-state index contributed by atoms with van der Waals surface area (Å²) in [6, 6.07) is 4.05. The van der Waals surface area contributed by atoms with Crippen LogP contribution in [0.2, 0.25) is 10.0 Å². The fraction of sp³-hybridized carbons (Fsp3) is 0.467. The van der Waals surface area contributed by atoms with Crippen molar-refractivity contribution in [2.24, 2.45) is 11.8 Å². The highest BCUT2D eigenvalue weighted by atomic mass is 35.5. The van der Waals surface area contributed by atoms with Crippen molar-refractivity contribution in [3.8, 4) is 11.5 Å². The van der Waals surface area contributed by atoms with Crippen molar-refractivity contribution in [2.75, 3.05) is 19.8 Å². The number of nitrogens with zero attached hydrogens (tertiary/aromatic N) is 1. The van der Waals surface area contributed by atoms with Crippen molar-refractivity contribution in [2.45, 2.75) is 57.2 Å². The van der Waals surface area contributed by atoms with Crippen molar-refractivity contribution in [3.05, 3.63) is 75.4 Å². The SMILES string of the molecule is CCOC(=O)C1(c2ccc(OC(F)F)c(OCC3CC3)c2)C=CC(OC(F)F)=C(OCC2CC2)C1c1c(Cl)cncc1Cl. The summed E-state index contributed by atoms with van der Waals surface area (Å²) in [4.78, 5) is 18.2. The van der Waals surface area contributed by atoms with Crippen LogP contribution < -0.4 is 9.47 Å². The average Bonchev–Trinajstić information content (AvgIpc) is 3.88. The summed E-state index contributed by atoms with van der Waals surface area (Å²) in [7, 11) is 0. The van der Waals surface area contributed by atoms with Crippen LogP contribution in [0.25, 0.3) is 0 Å². The minimum Gasteiger partial charge on any atom is -0.493 e. The van der Waals surface area contributed by atoms with Crippen molar-refractivity contribution in [1.82, 2.24) is 4.98 Å². The molecule has 1 heterocycles. The summed E-state index contributed by atoms with van der Waals surface area (Å²) in [5.41, 5.74) is -1.52. The first-order valence-electron chi connectivity index (χ1n) is 13.8. The molecule has 7 nitrogen and oxygen atoms in total. The lowest BCUT2D eigenvalue weighted by Gasteiger charge is -2.41. The number of hydrogen-bond donors (Lipinski definition) is 0. The highest BCUT2D eigenvalue weighted by molar-refractivity contribution is 6.36. The minimum atomic E-state index is -3.22. The Balaban J connectivity index is 1.74. The number of allylic oxidation sites excluding steroid dienone is 2. The number of carbonyl (C=O) groups excluding carboxylic acids is 1. The predicted molar refractivity (Wildman–Crippen MR) is 149 cm³/mol. The van der Waals surface area contributed by atoms with E-state index in [1.807, 2.05) is 0 Å². The second kappa shape index (κ2) is 13.2. The molecule has 0 aliphatic heterocycles. The van der Waals surface area contributed by atoms with Crippen molar-refractivity contribution < 1.29 is 46.0 Å². The minimum absolute atomic E-state index is 0.0215. The molecule has 0 saturated heterocycles. The van der Waals surface area contributed by atoms with Gasteiger partial charge in [0.25, 0.3) is 0 Å². The van der Waals surface area contributed by atoms with E-state index in [2.05, 4.69) is 4.98 Å². The number of aromatic nitrogens is 1. The first kappa shape index (κ1) is 31.3. The van der Waals surface area contributed by atoms with Gasteiger partial charge in [0.15, 0.2) is 17.3 Å². The highest BCUT2D eigenvalue weighted by Gasteiger charge is 2.54. The fourth-order valence-corrected chi connectivity index (χ4v) is 5.59. The van der Waals surface area contributed by atoms with E-state index >= 15 is 0 Å². The quantitative estimate of drug-likeness (QED) is 0.153. The van der Waals surface area contributed by atoms with Gasteiger partial charge in [-0.3, -0.25) is 9.78 Å². The van der Waals surface area contributed by atoms with Gasteiger partial charge in [0.2, 0.25) is 0 Å². The Morgan fingerprint density at radius 3 is 2.16 bits per heavy atom. The van der Waals surface area contributed by atoms with Gasteiger partial charge >= 0.3 is 19.2 Å². The maximum Gasteiger partial charge on any atom is 0.387 e. The van der Waals surface area contributed by atoms with Crippen LogP contribution in [0.5, 0.6) is 11.5 Å². The van der Waals surface area contributed by atoms with Crippen molar-refractivity contribution in [1.29, 1.82) is 0 Å². The van der Waals surface area contributed by atoms with E-state index < -0.39 is 30.5 Å². The molecule has 0 N–H and O–H groups in total. The third kappa shape index (κ3) is 6.98. The molecule has 2 aromatic rings. The zero-order valence-corrected chi connectivity index (χ0v) is 24.6. The zero-order valence-electron chi connectivity index (χ0n) is 23.0. The molecule has 3 aliphatic rings. The summed E-state index contributed by atoms with van der Waals surface area (Å²) in [6.07, 6.45) is 8.77. The lowest BCUT2D eigenvalue weighted by molar-refractivity contribution is -0.149. The number of ether oxygens (including phenoxy) is 5. The van der Waals surface area contributed by atoms with Crippen molar-refractivity contribution in [3.63, 3.8) is 0 Å². The maximum atomic E-state index is 14.2. The van der Waals surface area contributed by atoms with Gasteiger partial charge in [0.1, 0.15) is 11.2 Å². The smallest absolute Gasteiger partial charge is 0.387 e.